The molecule has 0 fully saturated rings. The first kappa shape index (κ1) is 44.1. The Morgan fingerprint density at radius 1 is 0.446 bits per heavy atom. The first-order chi connectivity index (χ1) is 26.7. The van der Waals surface area contributed by atoms with Crippen molar-refractivity contribution in [3.05, 3.63) is 120 Å². The van der Waals surface area contributed by atoms with Crippen LogP contribution in [0, 0.1) is 11.8 Å². The molecule has 2 amide bonds. The van der Waals surface area contributed by atoms with Crippen LogP contribution in [0.5, 0.6) is 0 Å². The number of carbonyl (C=O) groups is 6. The Bertz CT molecular complexity index is 1740. The average Bonchev–Trinajstić information content (AvgIpc) is 3.17. The molecule has 0 aliphatic carbocycles. The third kappa shape index (κ3) is 16.4. The van der Waals surface area contributed by atoms with Crippen molar-refractivity contribution in [2.75, 3.05) is 0 Å². The predicted octanol–water partition coefficient (Wildman–Crippen LogP) is 6.71. The predicted molar refractivity (Wildman–Crippen MR) is 212 cm³/mol. The molecule has 6 N–H and O–H groups in total. The van der Waals surface area contributed by atoms with Gasteiger partial charge in [0.2, 0.25) is 11.8 Å². The maximum absolute atomic E-state index is 12.0. The summed E-state index contributed by atoms with van der Waals surface area (Å²) in [6.45, 7) is 3.19. The fraction of sp³-hybridized carbons (Fsp3) is 0.318. The Morgan fingerprint density at radius 3 is 1.04 bits per heavy atom. The highest BCUT2D eigenvalue weighted by atomic mass is 16.4. The van der Waals surface area contributed by atoms with E-state index in [1.54, 1.807) is 13.8 Å². The summed E-state index contributed by atoms with van der Waals surface area (Å²) < 4.78 is 0. The first-order valence-electron chi connectivity index (χ1n) is 18.5. The van der Waals surface area contributed by atoms with Crippen LogP contribution in [0.3, 0.4) is 0 Å². The second-order valence-electron chi connectivity index (χ2n) is 13.8. The van der Waals surface area contributed by atoms with Gasteiger partial charge in [-0.05, 0) is 59.1 Å². The lowest BCUT2D eigenvalue weighted by atomic mass is 9.95. The number of carboxylic acids is 4. The summed E-state index contributed by atoms with van der Waals surface area (Å²) in [5.41, 5.74) is 6.30. The number of hydrogen-bond acceptors (Lipinski definition) is 6. The number of rotatable bonds is 20. The van der Waals surface area contributed by atoms with Crippen LogP contribution in [0.2, 0.25) is 0 Å². The van der Waals surface area contributed by atoms with Gasteiger partial charge in [0.05, 0.1) is 24.7 Å². The fourth-order valence-corrected chi connectivity index (χ4v) is 5.98. The van der Waals surface area contributed by atoms with Gasteiger partial charge in [0.15, 0.2) is 0 Å². The van der Waals surface area contributed by atoms with Crippen molar-refractivity contribution in [3.8, 4) is 22.3 Å². The fourth-order valence-electron chi connectivity index (χ4n) is 5.98. The van der Waals surface area contributed by atoms with E-state index < -0.39 is 35.7 Å². The van der Waals surface area contributed by atoms with Crippen LogP contribution in [-0.4, -0.2) is 68.2 Å². The highest BCUT2D eigenvalue weighted by Gasteiger charge is 2.22. The van der Waals surface area contributed by atoms with E-state index in [2.05, 4.69) is 10.6 Å². The van der Waals surface area contributed by atoms with E-state index in [9.17, 15) is 39.0 Å². The summed E-state index contributed by atoms with van der Waals surface area (Å²) in [6, 6.07) is 35.0. The van der Waals surface area contributed by atoms with Gasteiger partial charge in [-0.2, -0.15) is 0 Å². The van der Waals surface area contributed by atoms with Gasteiger partial charge in [0, 0.05) is 24.9 Å². The molecule has 296 valence electrons. The van der Waals surface area contributed by atoms with Crippen LogP contribution >= 0.6 is 0 Å². The highest BCUT2D eigenvalue weighted by Crippen LogP contribution is 2.22. The Balaban J connectivity index is 0.000000300. The molecule has 4 aromatic carbocycles. The average molecular weight is 767 g/mol. The summed E-state index contributed by atoms with van der Waals surface area (Å²) >= 11 is 0. The number of nitrogens with one attached hydrogen (secondary N) is 2. The molecule has 0 heterocycles. The van der Waals surface area contributed by atoms with Crippen molar-refractivity contribution in [3.63, 3.8) is 0 Å². The van der Waals surface area contributed by atoms with Crippen LogP contribution < -0.4 is 10.6 Å². The second-order valence-corrected chi connectivity index (χ2v) is 13.8. The molecule has 12 nitrogen and oxygen atoms in total. The standard InChI is InChI=1S/2C22H25NO5/c2*1-15(22(27)28)13-19(23-20(24)11-12-21(25)26)14-16-7-9-18(10-8-16)17-5-3-2-4-6-17/h2*2-10,15,19H,11-14H2,1H3,(H,23,24)(H,25,26)(H,27,28)/t2*15-,19+/m11/s1. The summed E-state index contributed by atoms with van der Waals surface area (Å²) in [4.78, 5) is 67.7. The molecule has 0 saturated carbocycles. The summed E-state index contributed by atoms with van der Waals surface area (Å²) in [6.07, 6.45) is 0.748. The number of benzene rings is 4. The molecule has 0 spiro atoms. The van der Waals surface area contributed by atoms with Crippen molar-refractivity contribution >= 4 is 35.7 Å². The van der Waals surface area contributed by atoms with Gasteiger partial charge >= 0.3 is 23.9 Å². The van der Waals surface area contributed by atoms with Crippen molar-refractivity contribution in [2.24, 2.45) is 11.8 Å². The molecule has 0 unspecified atom stereocenters. The lowest BCUT2D eigenvalue weighted by molar-refractivity contribution is -0.142. The minimum absolute atomic E-state index is 0.125. The number of aliphatic carboxylic acids is 4. The number of carboxylic acid groups (broad SMARTS) is 4. The lowest BCUT2D eigenvalue weighted by Gasteiger charge is -2.21. The minimum atomic E-state index is -1.04. The van der Waals surface area contributed by atoms with E-state index in [0.717, 1.165) is 33.4 Å². The highest BCUT2D eigenvalue weighted by molar-refractivity contribution is 5.81. The maximum atomic E-state index is 12.0. The molecule has 56 heavy (non-hydrogen) atoms. The molecule has 0 saturated heterocycles. The molecule has 4 rings (SSSR count). The number of amides is 2. The minimum Gasteiger partial charge on any atom is -0.481 e. The Morgan fingerprint density at radius 2 is 0.750 bits per heavy atom. The molecule has 0 radical (unpaired) electrons. The van der Waals surface area contributed by atoms with E-state index in [0.29, 0.717) is 12.8 Å². The lowest BCUT2D eigenvalue weighted by Crippen LogP contribution is -2.38. The first-order valence-corrected chi connectivity index (χ1v) is 18.5. The van der Waals surface area contributed by atoms with Gasteiger partial charge in [0.1, 0.15) is 0 Å². The quantitative estimate of drug-likeness (QED) is 0.0560. The van der Waals surface area contributed by atoms with E-state index in [1.165, 1.54) is 0 Å². The molecule has 0 bridgehead atoms. The van der Waals surface area contributed by atoms with Gasteiger partial charge in [-0.1, -0.05) is 123 Å². The molecule has 4 atom stereocenters. The van der Waals surface area contributed by atoms with Crippen LogP contribution in [0.4, 0.5) is 0 Å². The Hall–Kier alpha value is -6.30. The van der Waals surface area contributed by atoms with E-state index >= 15 is 0 Å². The van der Waals surface area contributed by atoms with Gasteiger partial charge in [-0.25, -0.2) is 0 Å². The van der Waals surface area contributed by atoms with Crippen LogP contribution in [0.25, 0.3) is 22.3 Å². The maximum Gasteiger partial charge on any atom is 0.306 e. The van der Waals surface area contributed by atoms with Crippen molar-refractivity contribution in [1.29, 1.82) is 0 Å². The normalized spacial score (nSPS) is 12.8. The van der Waals surface area contributed by atoms with Gasteiger partial charge < -0.3 is 31.1 Å². The zero-order valence-corrected chi connectivity index (χ0v) is 31.6. The molecule has 0 aliphatic rings. The van der Waals surface area contributed by atoms with Crippen LogP contribution in [0.15, 0.2) is 109 Å². The molecular formula is C44H50N2O10. The summed E-state index contributed by atoms with van der Waals surface area (Å²) in [5.74, 6) is -5.93. The number of hydrogen-bond donors (Lipinski definition) is 6. The molecule has 12 heteroatoms. The largest absolute Gasteiger partial charge is 0.481 e. The van der Waals surface area contributed by atoms with Crippen LogP contribution in [-0.2, 0) is 41.6 Å². The monoisotopic (exact) mass is 766 g/mol. The third-order valence-electron chi connectivity index (χ3n) is 9.07. The SMILES string of the molecule is C[C@H](C[C@@H](Cc1ccc(-c2ccccc2)cc1)NC(=O)CCC(=O)O)C(=O)O.C[C@H](C[C@@H](Cc1ccc(-c2ccccc2)cc1)NC(=O)CCC(=O)O)C(=O)O. The Labute approximate surface area is 326 Å². The van der Waals surface area contributed by atoms with E-state index in [4.69, 9.17) is 10.2 Å². The van der Waals surface area contributed by atoms with Gasteiger partial charge in [-0.15, -0.1) is 0 Å². The van der Waals surface area contributed by atoms with Crippen molar-refractivity contribution in [2.45, 2.75) is 77.3 Å². The van der Waals surface area contributed by atoms with Crippen molar-refractivity contribution < 1.29 is 49.2 Å². The topological polar surface area (TPSA) is 207 Å². The molecule has 0 aromatic heterocycles. The molecule has 4 aromatic rings. The summed E-state index contributed by atoms with van der Waals surface area (Å²) in [7, 11) is 0. The molecular weight excluding hydrogens is 716 g/mol. The zero-order valence-electron chi connectivity index (χ0n) is 31.6. The van der Waals surface area contributed by atoms with E-state index in [-0.39, 0.29) is 62.4 Å². The smallest absolute Gasteiger partial charge is 0.306 e. The van der Waals surface area contributed by atoms with Gasteiger partial charge in [0.25, 0.3) is 0 Å². The van der Waals surface area contributed by atoms with Gasteiger partial charge in [-0.3, -0.25) is 28.8 Å². The Kier molecular flexibility index (Phi) is 18.0. The van der Waals surface area contributed by atoms with E-state index in [1.807, 2.05) is 109 Å². The second kappa shape index (κ2) is 22.8. The molecule has 0 aliphatic heterocycles. The van der Waals surface area contributed by atoms with Crippen molar-refractivity contribution in [1.82, 2.24) is 10.6 Å². The summed E-state index contributed by atoms with van der Waals surface area (Å²) in [5, 5.41) is 41.4. The zero-order chi connectivity index (χ0) is 41.0. The van der Waals surface area contributed by atoms with Crippen LogP contribution in [0.1, 0.15) is 63.5 Å². The third-order valence-corrected chi connectivity index (χ3v) is 9.07. The number of carbonyl (C=O) groups excluding carboxylic acids is 2.